The van der Waals surface area contributed by atoms with E-state index in [4.69, 9.17) is 9.47 Å². The van der Waals surface area contributed by atoms with E-state index >= 15 is 0 Å². The van der Waals surface area contributed by atoms with Crippen LogP contribution in [0.3, 0.4) is 0 Å². The number of nitrogens with zero attached hydrogens (tertiary/aromatic N) is 2. The third-order valence-electron chi connectivity index (χ3n) is 4.91. The average molecular weight is 390 g/mol. The Morgan fingerprint density at radius 3 is 2.68 bits per heavy atom. The first-order valence-electron chi connectivity index (χ1n) is 9.95. The minimum absolute atomic E-state index is 0.0857. The van der Waals surface area contributed by atoms with E-state index < -0.39 is 4.92 Å². The van der Waals surface area contributed by atoms with Gasteiger partial charge >= 0.3 is 5.69 Å². The summed E-state index contributed by atoms with van der Waals surface area (Å²) in [6.45, 7) is 6.75. The minimum Gasteiger partial charge on any atom is -0.493 e. The zero-order chi connectivity index (χ0) is 20.5. The summed E-state index contributed by atoms with van der Waals surface area (Å²) in [4.78, 5) is 25.6. The lowest BCUT2D eigenvalue weighted by atomic mass is 10.00. The van der Waals surface area contributed by atoms with Gasteiger partial charge in [-0.1, -0.05) is 33.1 Å². The average Bonchev–Trinajstić information content (AvgIpc) is 2.69. The van der Waals surface area contributed by atoms with Crippen LogP contribution in [0.2, 0.25) is 0 Å². The number of nitro benzene ring substituents is 1. The van der Waals surface area contributed by atoms with Crippen LogP contribution in [0, 0.1) is 10.1 Å². The molecular formula is C21H30N2O5. The summed E-state index contributed by atoms with van der Waals surface area (Å²) in [6.07, 6.45) is 6.27. The van der Waals surface area contributed by atoms with E-state index in [1.165, 1.54) is 13.2 Å². The fourth-order valence-electron chi connectivity index (χ4n) is 3.25. The number of carbonyl (C=O) groups is 1. The van der Waals surface area contributed by atoms with Crippen LogP contribution in [0.5, 0.6) is 11.5 Å². The molecule has 7 nitrogen and oxygen atoms in total. The van der Waals surface area contributed by atoms with Crippen molar-refractivity contribution in [3.63, 3.8) is 0 Å². The Balaban J connectivity index is 2.29. The molecule has 0 atom stereocenters. The molecule has 0 spiro atoms. The Labute approximate surface area is 166 Å². The van der Waals surface area contributed by atoms with Crippen molar-refractivity contribution in [2.24, 2.45) is 0 Å². The monoisotopic (exact) mass is 390 g/mol. The number of Topliss-reactive ketones (excluding diaryl/α,β-unsaturated/α-hetero) is 1. The van der Waals surface area contributed by atoms with Crippen LogP contribution in [0.25, 0.3) is 6.08 Å². The van der Waals surface area contributed by atoms with Gasteiger partial charge in [0, 0.05) is 31.1 Å². The Hall–Kier alpha value is -2.41. The molecule has 2 rings (SSSR count). The molecule has 0 radical (unpaired) electrons. The third kappa shape index (κ3) is 5.79. The molecule has 0 amide bonds. The molecule has 0 bridgehead atoms. The molecule has 1 saturated heterocycles. The summed E-state index contributed by atoms with van der Waals surface area (Å²) in [7, 11) is 1.46. The summed E-state index contributed by atoms with van der Waals surface area (Å²) in [5.41, 5.74) is 1.10. The Morgan fingerprint density at radius 2 is 2.04 bits per heavy atom. The molecule has 7 heteroatoms. The van der Waals surface area contributed by atoms with Gasteiger partial charge in [0.1, 0.15) is 0 Å². The molecular weight excluding hydrogens is 360 g/mol. The van der Waals surface area contributed by atoms with Gasteiger partial charge in [0.05, 0.1) is 18.6 Å². The van der Waals surface area contributed by atoms with Crippen LogP contribution in [0.4, 0.5) is 5.69 Å². The van der Waals surface area contributed by atoms with Crippen LogP contribution in [-0.2, 0) is 4.79 Å². The van der Waals surface area contributed by atoms with Gasteiger partial charge in [-0.15, -0.1) is 0 Å². The van der Waals surface area contributed by atoms with E-state index in [-0.39, 0.29) is 17.2 Å². The van der Waals surface area contributed by atoms with Gasteiger partial charge in [0.15, 0.2) is 11.5 Å². The minimum atomic E-state index is -0.465. The Morgan fingerprint density at radius 1 is 1.25 bits per heavy atom. The zero-order valence-electron chi connectivity index (χ0n) is 17.0. The van der Waals surface area contributed by atoms with Crippen molar-refractivity contribution in [3.05, 3.63) is 33.4 Å². The maximum atomic E-state index is 12.2. The number of carbonyl (C=O) groups excluding carboxylic acids is 1. The third-order valence-corrected chi connectivity index (χ3v) is 4.91. The lowest BCUT2D eigenvalue weighted by molar-refractivity contribution is -0.386. The first-order chi connectivity index (χ1) is 13.5. The smallest absolute Gasteiger partial charge is 0.315 e. The largest absolute Gasteiger partial charge is 0.493 e. The van der Waals surface area contributed by atoms with E-state index in [1.54, 1.807) is 12.1 Å². The zero-order valence-corrected chi connectivity index (χ0v) is 17.0. The molecule has 0 aliphatic carbocycles. The van der Waals surface area contributed by atoms with Crippen molar-refractivity contribution < 1.29 is 19.2 Å². The second-order valence-corrected chi connectivity index (χ2v) is 6.95. The van der Waals surface area contributed by atoms with E-state index in [9.17, 15) is 14.9 Å². The van der Waals surface area contributed by atoms with E-state index in [2.05, 4.69) is 11.8 Å². The molecule has 0 N–H and O–H groups in total. The molecule has 0 aromatic heterocycles. The predicted octanol–water partition coefficient (Wildman–Crippen LogP) is 4.24. The van der Waals surface area contributed by atoms with E-state index in [0.717, 1.165) is 38.8 Å². The fraction of sp³-hybridized carbons (Fsp3) is 0.571. The highest BCUT2D eigenvalue weighted by Crippen LogP contribution is 2.39. The number of likely N-dealkylation sites (tertiary alicyclic amines) is 1. The number of likely N-dealkylation sites (N-methyl/N-ethyl adjacent to an activating group) is 1. The predicted molar refractivity (Wildman–Crippen MR) is 109 cm³/mol. The molecule has 1 aliphatic rings. The van der Waals surface area contributed by atoms with Crippen molar-refractivity contribution >= 4 is 17.5 Å². The van der Waals surface area contributed by atoms with Gasteiger partial charge < -0.3 is 9.47 Å². The SMILES string of the molecule is CCCCCCOc1c(OC)cc(/C=C2\CN(CC)CCC2=O)cc1[N+](=O)[O-]. The van der Waals surface area contributed by atoms with Crippen molar-refractivity contribution in [3.8, 4) is 11.5 Å². The highest BCUT2D eigenvalue weighted by Gasteiger charge is 2.24. The topological polar surface area (TPSA) is 81.9 Å². The Kier molecular flexibility index (Phi) is 8.44. The second kappa shape index (κ2) is 10.8. The number of nitro groups is 1. The highest BCUT2D eigenvalue weighted by molar-refractivity contribution is 6.00. The molecule has 154 valence electrons. The lowest BCUT2D eigenvalue weighted by Gasteiger charge is -2.26. The van der Waals surface area contributed by atoms with Crippen LogP contribution < -0.4 is 9.47 Å². The van der Waals surface area contributed by atoms with Crippen molar-refractivity contribution in [2.45, 2.75) is 46.0 Å². The number of hydrogen-bond donors (Lipinski definition) is 0. The summed E-state index contributed by atoms with van der Waals surface area (Å²) in [5, 5.41) is 11.6. The van der Waals surface area contributed by atoms with E-state index in [0.29, 0.717) is 36.5 Å². The quantitative estimate of drug-likeness (QED) is 0.257. The van der Waals surface area contributed by atoms with Gasteiger partial charge in [-0.05, 0) is 30.7 Å². The first-order valence-corrected chi connectivity index (χ1v) is 9.95. The van der Waals surface area contributed by atoms with Crippen LogP contribution in [0.1, 0.15) is 51.5 Å². The van der Waals surface area contributed by atoms with Gasteiger partial charge in [-0.25, -0.2) is 0 Å². The molecule has 1 aliphatic heterocycles. The molecule has 1 fully saturated rings. The fourth-order valence-corrected chi connectivity index (χ4v) is 3.25. The molecule has 28 heavy (non-hydrogen) atoms. The number of hydrogen-bond acceptors (Lipinski definition) is 6. The van der Waals surface area contributed by atoms with Gasteiger partial charge in [-0.3, -0.25) is 19.8 Å². The van der Waals surface area contributed by atoms with Crippen LogP contribution in [-0.4, -0.2) is 49.0 Å². The summed E-state index contributed by atoms with van der Waals surface area (Å²) in [6, 6.07) is 3.15. The van der Waals surface area contributed by atoms with Crippen molar-refractivity contribution in [2.75, 3.05) is 33.4 Å². The maximum Gasteiger partial charge on any atom is 0.315 e. The Bertz CT molecular complexity index is 730. The second-order valence-electron chi connectivity index (χ2n) is 6.95. The first kappa shape index (κ1) is 21.9. The summed E-state index contributed by atoms with van der Waals surface area (Å²) in [5.74, 6) is 0.547. The summed E-state index contributed by atoms with van der Waals surface area (Å²) >= 11 is 0. The standard InChI is InChI=1S/C21H30N2O5/c1-4-6-7-8-11-28-21-18(23(25)26)13-16(14-20(21)27-3)12-17-15-22(5-2)10-9-19(17)24/h12-14H,4-11,15H2,1-3H3/b17-12+. The van der Waals surface area contributed by atoms with Crippen molar-refractivity contribution in [1.82, 2.24) is 4.90 Å². The number of ether oxygens (including phenoxy) is 2. The van der Waals surface area contributed by atoms with Gasteiger partial charge in [0.2, 0.25) is 5.75 Å². The van der Waals surface area contributed by atoms with Crippen molar-refractivity contribution in [1.29, 1.82) is 0 Å². The molecule has 1 aromatic carbocycles. The van der Waals surface area contributed by atoms with Gasteiger partial charge in [0.25, 0.3) is 0 Å². The molecule has 0 unspecified atom stereocenters. The molecule has 1 heterocycles. The lowest BCUT2D eigenvalue weighted by Crippen LogP contribution is -2.35. The molecule has 0 saturated carbocycles. The number of ketones is 1. The maximum absolute atomic E-state index is 12.2. The van der Waals surface area contributed by atoms with Crippen LogP contribution in [0.15, 0.2) is 17.7 Å². The van der Waals surface area contributed by atoms with E-state index in [1.807, 2.05) is 6.92 Å². The highest BCUT2D eigenvalue weighted by atomic mass is 16.6. The summed E-state index contributed by atoms with van der Waals surface area (Å²) < 4.78 is 11.1. The number of benzene rings is 1. The number of methoxy groups -OCH3 is 1. The van der Waals surface area contributed by atoms with Gasteiger partial charge in [-0.2, -0.15) is 0 Å². The normalized spacial score (nSPS) is 16.4. The van der Waals surface area contributed by atoms with Crippen LogP contribution >= 0.6 is 0 Å². The number of piperidine rings is 1. The molecule has 1 aromatic rings. The number of rotatable bonds is 10. The number of unbranched alkanes of at least 4 members (excludes halogenated alkanes) is 3.